The van der Waals surface area contributed by atoms with Crippen molar-refractivity contribution >= 4 is 0 Å². The Morgan fingerprint density at radius 2 is 1.38 bits per heavy atom. The van der Waals surface area contributed by atoms with Gasteiger partial charge in [0, 0.05) is 24.2 Å². The van der Waals surface area contributed by atoms with Gasteiger partial charge in [-0.25, -0.2) is 0 Å². The maximum Gasteiger partial charge on any atom is 0.187 e. The lowest BCUT2D eigenvalue weighted by atomic mass is 9.46. The third-order valence-corrected chi connectivity index (χ3v) is 17.4. The summed E-state index contributed by atoms with van der Waals surface area (Å²) in [4.78, 5) is 0. The van der Waals surface area contributed by atoms with Gasteiger partial charge < -0.3 is 94.4 Å². The molecule has 0 aromatic rings. The first-order valence-corrected chi connectivity index (χ1v) is 23.5. The van der Waals surface area contributed by atoms with Crippen molar-refractivity contribution in [3.05, 3.63) is 11.6 Å². The average Bonchev–Trinajstić information content (AvgIpc) is 3.70. The van der Waals surface area contributed by atoms with Crippen LogP contribution in [0.25, 0.3) is 0 Å². The summed E-state index contributed by atoms with van der Waals surface area (Å²) >= 11 is 0. The van der Waals surface area contributed by atoms with E-state index in [2.05, 4.69) is 26.8 Å². The van der Waals surface area contributed by atoms with Crippen LogP contribution < -0.4 is 0 Å². The molecular formula is C45H74O19. The first kappa shape index (κ1) is 49.4. The number of hydrogen-bond acceptors (Lipinski definition) is 19. The number of fused-ring (bicyclic) bond motifs is 7. The molecule has 0 radical (unpaired) electrons. The molecule has 368 valence electrons. The van der Waals surface area contributed by atoms with E-state index in [-0.39, 0.29) is 53.6 Å². The highest BCUT2D eigenvalue weighted by Gasteiger charge is 2.69. The van der Waals surface area contributed by atoms with Crippen LogP contribution in [0.4, 0.5) is 0 Å². The van der Waals surface area contributed by atoms with Crippen LogP contribution in [0.3, 0.4) is 0 Å². The number of aliphatic hydroxyl groups is 12. The van der Waals surface area contributed by atoms with Gasteiger partial charge in [0.1, 0.15) is 67.1 Å². The molecule has 0 aromatic heterocycles. The standard InChI is InChI=1S/C45H74O19/c1-18(16-58-41-38(55)36(53)33(50)28(62-41)17-59-40-37(54)34(51)31(48)20(3)60-40)8-11-45(57)19(2)30-26(64-45)14-25-23-7-6-21-12-22(47)13-29(44(21,5)24(23)9-10-43(25,30)4)63-42-39(56)35(52)32(49)27(15-46)61-42/h6,18-20,22-42,46-57H,7-17H2,1-5H3/t18-,19+,20+,22-,23-,24+,25+,26+,27-,28-,29-,30+,31+,32-,33+,34-,35+,36+,37-,38-,39-,40-,41-,42+,43+,44+,45+/m1/s1. The number of allylic oxidation sites excluding steroid dienone is 1. The summed E-state index contributed by atoms with van der Waals surface area (Å²) in [5.41, 5.74) is 0.463. The molecule has 8 aliphatic rings. The Bertz CT molecular complexity index is 1640. The molecule has 12 N–H and O–H groups in total. The topological polar surface area (TPSA) is 307 Å². The molecule has 4 saturated heterocycles. The Labute approximate surface area is 373 Å². The molecule has 0 amide bonds. The van der Waals surface area contributed by atoms with Gasteiger partial charge in [-0.1, -0.05) is 39.3 Å². The second-order valence-corrected chi connectivity index (χ2v) is 21.1. The van der Waals surface area contributed by atoms with Crippen LogP contribution in [0, 0.1) is 46.3 Å². The van der Waals surface area contributed by atoms with Crippen LogP contribution in [0.1, 0.15) is 86.0 Å². The minimum atomic E-state index is -1.64. The fourth-order valence-electron chi connectivity index (χ4n) is 13.5. The van der Waals surface area contributed by atoms with Crippen molar-refractivity contribution in [2.24, 2.45) is 46.3 Å². The zero-order valence-corrected chi connectivity index (χ0v) is 37.4. The zero-order chi connectivity index (χ0) is 46.4. The van der Waals surface area contributed by atoms with Crippen molar-refractivity contribution in [1.82, 2.24) is 0 Å². The summed E-state index contributed by atoms with van der Waals surface area (Å²) in [7, 11) is 0. The zero-order valence-electron chi connectivity index (χ0n) is 37.4. The van der Waals surface area contributed by atoms with Crippen molar-refractivity contribution in [2.75, 3.05) is 19.8 Å². The fourth-order valence-corrected chi connectivity index (χ4v) is 13.5. The van der Waals surface area contributed by atoms with Gasteiger partial charge in [0.25, 0.3) is 0 Å². The Hall–Kier alpha value is -1.02. The number of rotatable bonds is 12. The van der Waals surface area contributed by atoms with E-state index in [1.165, 1.54) is 6.92 Å². The number of aliphatic hydroxyl groups excluding tert-OH is 11. The summed E-state index contributed by atoms with van der Waals surface area (Å²) in [6, 6.07) is 0. The summed E-state index contributed by atoms with van der Waals surface area (Å²) in [6.07, 6.45) is -15.2. The SMILES string of the molecule is C[C@H](CC[C@]1(O)O[C@H]2C[C@H]3[C@@H]4CC=C5C[C@@H](O)C[C@@H](O[C@@H]6O[C@H](CO)[C@@H](O)[C@H](O)[C@H]6O)[C@]5(C)[C@H]4CC[C@]3(C)[C@H]2[C@@H]1C)CO[C@@H]1O[C@H](CO[C@@H]2O[C@@H](C)[C@H](O)[C@@H](O)[C@H]2O)[C@H](O)[C@H](O)[C@H]1O. The second kappa shape index (κ2) is 18.7. The number of hydrogen-bond donors (Lipinski definition) is 12. The summed E-state index contributed by atoms with van der Waals surface area (Å²) in [6.45, 7) is 9.13. The van der Waals surface area contributed by atoms with Crippen molar-refractivity contribution in [2.45, 2.75) is 202 Å². The molecule has 0 unspecified atom stereocenters. The normalized spacial score (nSPS) is 55.5. The molecule has 0 aromatic carbocycles. The van der Waals surface area contributed by atoms with E-state index in [1.807, 2.05) is 6.92 Å². The molecule has 4 heterocycles. The molecule has 0 spiro atoms. The lowest BCUT2D eigenvalue weighted by molar-refractivity contribution is -0.329. The van der Waals surface area contributed by atoms with Crippen LogP contribution in [0.2, 0.25) is 0 Å². The fraction of sp³-hybridized carbons (Fsp3) is 0.956. The van der Waals surface area contributed by atoms with Gasteiger partial charge in [-0.05, 0) is 80.5 Å². The third kappa shape index (κ3) is 8.47. The lowest BCUT2D eigenvalue weighted by Crippen LogP contribution is -2.62. The first-order chi connectivity index (χ1) is 30.1. The number of ether oxygens (including phenoxy) is 7. The van der Waals surface area contributed by atoms with E-state index in [9.17, 15) is 61.3 Å². The molecule has 3 saturated carbocycles. The van der Waals surface area contributed by atoms with Crippen LogP contribution >= 0.6 is 0 Å². The predicted octanol–water partition coefficient (Wildman–Crippen LogP) is -1.86. The first-order valence-electron chi connectivity index (χ1n) is 23.5. The minimum Gasteiger partial charge on any atom is -0.394 e. The smallest absolute Gasteiger partial charge is 0.187 e. The molecule has 8 rings (SSSR count). The summed E-state index contributed by atoms with van der Waals surface area (Å²) in [5.74, 6) is -0.913. The average molecular weight is 919 g/mol. The maximum atomic E-state index is 12.2. The third-order valence-electron chi connectivity index (χ3n) is 17.4. The Morgan fingerprint density at radius 3 is 2.06 bits per heavy atom. The highest BCUT2D eigenvalue weighted by Crippen LogP contribution is 2.70. The second-order valence-electron chi connectivity index (χ2n) is 21.1. The van der Waals surface area contributed by atoms with E-state index >= 15 is 0 Å². The molecule has 4 aliphatic heterocycles. The molecule has 7 fully saturated rings. The Morgan fingerprint density at radius 1 is 0.750 bits per heavy atom. The summed E-state index contributed by atoms with van der Waals surface area (Å²) < 4.78 is 41.7. The molecule has 64 heavy (non-hydrogen) atoms. The van der Waals surface area contributed by atoms with Crippen LogP contribution in [0.15, 0.2) is 11.6 Å². The van der Waals surface area contributed by atoms with Crippen LogP contribution in [-0.2, 0) is 33.2 Å². The van der Waals surface area contributed by atoms with Crippen molar-refractivity contribution < 1.29 is 94.4 Å². The van der Waals surface area contributed by atoms with Gasteiger partial charge in [-0.3, -0.25) is 0 Å². The quantitative estimate of drug-likeness (QED) is 0.0956. The molecular weight excluding hydrogens is 844 g/mol. The minimum absolute atomic E-state index is 0.0801. The van der Waals surface area contributed by atoms with Crippen LogP contribution in [-0.4, -0.2) is 197 Å². The molecule has 0 bridgehead atoms. The highest BCUT2D eigenvalue weighted by atomic mass is 16.7. The van der Waals surface area contributed by atoms with E-state index < -0.39 is 129 Å². The predicted molar refractivity (Wildman–Crippen MR) is 219 cm³/mol. The maximum absolute atomic E-state index is 12.2. The van der Waals surface area contributed by atoms with Gasteiger partial charge >= 0.3 is 0 Å². The van der Waals surface area contributed by atoms with Gasteiger partial charge in [0.05, 0.1) is 44.2 Å². The molecule has 27 atom stereocenters. The van der Waals surface area contributed by atoms with Gasteiger partial charge in [0.2, 0.25) is 0 Å². The lowest BCUT2D eigenvalue weighted by Gasteiger charge is -2.60. The van der Waals surface area contributed by atoms with Crippen molar-refractivity contribution in [1.29, 1.82) is 0 Å². The monoisotopic (exact) mass is 918 g/mol. The van der Waals surface area contributed by atoms with E-state index in [4.69, 9.17) is 33.2 Å². The van der Waals surface area contributed by atoms with E-state index in [1.54, 1.807) is 0 Å². The molecule has 4 aliphatic carbocycles. The van der Waals surface area contributed by atoms with Crippen molar-refractivity contribution in [3.8, 4) is 0 Å². The van der Waals surface area contributed by atoms with E-state index in [0.29, 0.717) is 25.7 Å². The Balaban J connectivity index is 0.869. The van der Waals surface area contributed by atoms with Gasteiger partial charge in [-0.2, -0.15) is 0 Å². The summed E-state index contributed by atoms with van der Waals surface area (Å²) in [5, 5.41) is 127. The highest BCUT2D eigenvalue weighted by molar-refractivity contribution is 5.28. The van der Waals surface area contributed by atoms with Gasteiger partial charge in [-0.15, -0.1) is 0 Å². The largest absolute Gasteiger partial charge is 0.394 e. The van der Waals surface area contributed by atoms with Gasteiger partial charge in [0.15, 0.2) is 24.7 Å². The van der Waals surface area contributed by atoms with E-state index in [0.717, 1.165) is 31.3 Å². The van der Waals surface area contributed by atoms with Crippen molar-refractivity contribution in [3.63, 3.8) is 0 Å². The molecule has 19 heteroatoms. The molecule has 19 nitrogen and oxygen atoms in total. The Kier molecular flexibility index (Phi) is 14.4. The van der Waals surface area contributed by atoms with Crippen LogP contribution in [0.5, 0.6) is 0 Å².